The van der Waals surface area contributed by atoms with Gasteiger partial charge in [0.15, 0.2) is 0 Å². The first-order valence-corrected chi connectivity index (χ1v) is 0. The van der Waals surface area contributed by atoms with Gasteiger partial charge in [0.1, 0.15) is 0 Å². The Balaban J connectivity index is 0. The first kappa shape index (κ1) is 46.5. The monoisotopic (exact) mass is 284 g/mol. The van der Waals surface area contributed by atoms with Crippen LogP contribution in [0.1, 0.15) is 4.28 Å². The van der Waals surface area contributed by atoms with Crippen molar-refractivity contribution in [3.05, 3.63) is 0 Å². The summed E-state index contributed by atoms with van der Waals surface area (Å²) >= 11 is 0. The van der Waals surface area contributed by atoms with Crippen LogP contribution in [-0.4, -0.2) is 23.1 Å². The fourth-order valence-electron chi connectivity index (χ4n) is 0. The molecule has 34 valence electrons. The van der Waals surface area contributed by atoms with Gasteiger partial charge in [0, 0.05) is 69.8 Å². The summed E-state index contributed by atoms with van der Waals surface area (Å²) in [5.41, 5.74) is 0. The van der Waals surface area contributed by atoms with Crippen LogP contribution in [0.3, 0.4) is 0 Å². The first-order valence-electron chi connectivity index (χ1n) is 0. The maximum absolute atomic E-state index is 0. The van der Waals surface area contributed by atoms with E-state index in [2.05, 4.69) is 0 Å². The van der Waals surface area contributed by atoms with E-state index in [1.54, 1.807) is 0 Å². The SMILES string of the molecule is [Co].[Cr].[Fe].[H-].[H-].[H-].[K+].[Mg+2].[V]. The van der Waals surface area contributed by atoms with E-state index in [-0.39, 0.29) is 148 Å². The maximum atomic E-state index is 0. The molecular formula is H3CoCrFeKMgV. The zero-order chi connectivity index (χ0) is 0. The van der Waals surface area contributed by atoms with Crippen molar-refractivity contribution in [2.75, 3.05) is 0 Å². The minimum atomic E-state index is 0. The molecular weight excluding hydrogens is 281 g/mol. The molecule has 6 heavy (non-hydrogen) atoms. The third-order valence-electron chi connectivity index (χ3n) is 0. The molecule has 2 radical (unpaired) electrons. The van der Waals surface area contributed by atoms with Crippen molar-refractivity contribution in [2.45, 2.75) is 0 Å². The molecule has 0 aliphatic rings. The molecule has 0 unspecified atom stereocenters. The van der Waals surface area contributed by atoms with Crippen LogP contribution in [0.5, 0.6) is 0 Å². The first-order chi connectivity index (χ1) is 0. The molecule has 0 aromatic carbocycles. The number of rotatable bonds is 0. The molecule has 0 bridgehead atoms. The van der Waals surface area contributed by atoms with Crippen molar-refractivity contribution in [1.29, 1.82) is 0 Å². The van der Waals surface area contributed by atoms with Gasteiger partial charge in [0.05, 0.1) is 0 Å². The van der Waals surface area contributed by atoms with Crippen molar-refractivity contribution in [3.63, 3.8) is 0 Å². The van der Waals surface area contributed by atoms with Crippen molar-refractivity contribution in [1.82, 2.24) is 0 Å². The molecule has 0 nitrogen and oxygen atoms in total. The number of hydrogen-bond donors (Lipinski definition) is 0. The Morgan fingerprint density at radius 1 is 1.17 bits per heavy atom. The van der Waals surface area contributed by atoms with Gasteiger partial charge in [-0.05, 0) is 0 Å². The average molecular weight is 284 g/mol. The van der Waals surface area contributed by atoms with Gasteiger partial charge in [0.2, 0.25) is 0 Å². The molecule has 0 aromatic heterocycles. The summed E-state index contributed by atoms with van der Waals surface area (Å²) in [6.45, 7) is 0. The zero-order valence-corrected chi connectivity index (χ0v) is 12.6. The van der Waals surface area contributed by atoms with Crippen molar-refractivity contribution in [3.8, 4) is 0 Å². The second-order valence-corrected chi connectivity index (χ2v) is 0. The van der Waals surface area contributed by atoms with Crippen LogP contribution in [-0.2, 0) is 69.8 Å². The van der Waals surface area contributed by atoms with E-state index in [1.807, 2.05) is 0 Å². The second-order valence-electron chi connectivity index (χ2n) is 0. The number of hydrogen-bond acceptors (Lipinski definition) is 0. The molecule has 0 fully saturated rings. The van der Waals surface area contributed by atoms with E-state index in [0.717, 1.165) is 0 Å². The minimum Gasteiger partial charge on any atom is -1.00 e. The summed E-state index contributed by atoms with van der Waals surface area (Å²) in [4.78, 5) is 0. The van der Waals surface area contributed by atoms with E-state index < -0.39 is 0 Å². The molecule has 0 heterocycles. The third-order valence-corrected chi connectivity index (χ3v) is 0. The molecule has 0 aliphatic carbocycles. The van der Waals surface area contributed by atoms with Crippen molar-refractivity contribution in [2.24, 2.45) is 0 Å². The Labute approximate surface area is 145 Å². The molecule has 0 spiro atoms. The van der Waals surface area contributed by atoms with Gasteiger partial charge in [-0.1, -0.05) is 0 Å². The van der Waals surface area contributed by atoms with Gasteiger partial charge in [-0.2, -0.15) is 0 Å². The molecule has 0 aliphatic heterocycles. The largest absolute Gasteiger partial charge is 2.00 e. The Bertz CT molecular complexity index is 23.8. The van der Waals surface area contributed by atoms with Crippen LogP contribution < -0.4 is 51.4 Å². The van der Waals surface area contributed by atoms with Gasteiger partial charge in [-0.25, -0.2) is 0 Å². The van der Waals surface area contributed by atoms with E-state index in [1.165, 1.54) is 0 Å². The predicted octanol–water partition coefficient (Wildman–Crippen LogP) is -3.05. The Morgan fingerprint density at radius 2 is 1.17 bits per heavy atom. The van der Waals surface area contributed by atoms with Crippen LogP contribution in [0.2, 0.25) is 0 Å². The molecule has 0 saturated heterocycles. The predicted molar refractivity (Wildman–Crippen MR) is 9.09 cm³/mol. The quantitative estimate of drug-likeness (QED) is 0.415. The van der Waals surface area contributed by atoms with Gasteiger partial charge in [-0.15, -0.1) is 0 Å². The Kier molecular flexibility index (Phi) is 261. The van der Waals surface area contributed by atoms with Gasteiger partial charge in [-0.3, -0.25) is 0 Å². The van der Waals surface area contributed by atoms with Crippen LogP contribution in [0.25, 0.3) is 0 Å². The summed E-state index contributed by atoms with van der Waals surface area (Å²) in [5, 5.41) is 0. The van der Waals surface area contributed by atoms with Gasteiger partial charge >= 0.3 is 74.4 Å². The van der Waals surface area contributed by atoms with E-state index >= 15 is 0 Å². The Morgan fingerprint density at radius 3 is 1.17 bits per heavy atom. The van der Waals surface area contributed by atoms with Crippen molar-refractivity contribution >= 4 is 23.1 Å². The average Bonchev–Trinajstić information content (AvgIpc) is 0. The summed E-state index contributed by atoms with van der Waals surface area (Å²) in [5.74, 6) is 0. The standard InChI is InChI=1S/Co.Cr.Fe.K.Mg.V.3H/q;;;+1;+2;;3*-1. The van der Waals surface area contributed by atoms with Crippen LogP contribution in [0.4, 0.5) is 0 Å². The Hall–Kier alpha value is 4.55. The molecule has 0 aromatic rings. The molecule has 0 N–H and O–H groups in total. The maximum Gasteiger partial charge on any atom is 2.00 e. The molecule has 0 amide bonds. The van der Waals surface area contributed by atoms with Gasteiger partial charge < -0.3 is 4.28 Å². The molecule has 0 atom stereocenters. The zero-order valence-electron chi connectivity index (χ0n) is 6.25. The molecule has 0 rings (SSSR count). The van der Waals surface area contributed by atoms with Crippen LogP contribution >= 0.6 is 0 Å². The van der Waals surface area contributed by atoms with Crippen LogP contribution in [0, 0.1) is 0 Å². The fraction of sp³-hybridized carbons (Fsp3) is 0. The van der Waals surface area contributed by atoms with E-state index in [4.69, 9.17) is 0 Å². The fourth-order valence-corrected chi connectivity index (χ4v) is 0. The molecule has 0 saturated carbocycles. The normalized spacial score (nSPS) is 0. The second kappa shape index (κ2) is 33.7. The summed E-state index contributed by atoms with van der Waals surface area (Å²) in [6.07, 6.45) is 0. The minimum absolute atomic E-state index is 0. The smallest absolute Gasteiger partial charge is 1.00 e. The summed E-state index contributed by atoms with van der Waals surface area (Å²) < 4.78 is 0. The topological polar surface area (TPSA) is 0 Å². The van der Waals surface area contributed by atoms with E-state index in [0.29, 0.717) is 0 Å². The van der Waals surface area contributed by atoms with E-state index in [9.17, 15) is 0 Å². The van der Waals surface area contributed by atoms with Gasteiger partial charge in [0.25, 0.3) is 0 Å². The summed E-state index contributed by atoms with van der Waals surface area (Å²) in [6, 6.07) is 0. The van der Waals surface area contributed by atoms with Crippen molar-refractivity contribution < 1.29 is 125 Å². The van der Waals surface area contributed by atoms with Crippen LogP contribution in [0.15, 0.2) is 0 Å². The third kappa shape index (κ3) is 23.5. The molecule has 6 heteroatoms. The summed E-state index contributed by atoms with van der Waals surface area (Å²) in [7, 11) is 0.